The summed E-state index contributed by atoms with van der Waals surface area (Å²) >= 11 is 1.14. The number of rotatable bonds is 7. The molecule has 0 saturated carbocycles. The second-order valence-electron chi connectivity index (χ2n) is 7.45. The molecule has 1 aliphatic heterocycles. The summed E-state index contributed by atoms with van der Waals surface area (Å²) in [6.45, 7) is 0.570. The number of sulfonamides is 1. The van der Waals surface area contributed by atoms with Crippen LogP contribution in [0, 0.1) is 5.92 Å². The van der Waals surface area contributed by atoms with Crippen LogP contribution < -0.4 is 15.6 Å². The molecule has 11 heteroatoms. The molecule has 33 heavy (non-hydrogen) atoms. The topological polar surface area (TPSA) is 118 Å². The Balaban J connectivity index is 1.28. The lowest BCUT2D eigenvalue weighted by Crippen LogP contribution is -2.49. The Labute approximate surface area is 195 Å². The van der Waals surface area contributed by atoms with E-state index in [0.29, 0.717) is 30.9 Å². The number of nitrogens with one attached hydrogen (secondary N) is 2. The van der Waals surface area contributed by atoms with Crippen molar-refractivity contribution in [2.24, 2.45) is 5.92 Å². The fraction of sp³-hybridized carbons (Fsp3) is 0.273. The monoisotopic (exact) mass is 489 g/mol. The molecule has 3 heterocycles. The zero-order valence-corrected chi connectivity index (χ0v) is 19.2. The van der Waals surface area contributed by atoms with Crippen molar-refractivity contribution in [3.63, 3.8) is 0 Å². The van der Waals surface area contributed by atoms with Gasteiger partial charge < -0.3 is 9.15 Å². The minimum absolute atomic E-state index is 0.0208. The van der Waals surface area contributed by atoms with E-state index in [1.165, 1.54) is 10.4 Å². The summed E-state index contributed by atoms with van der Waals surface area (Å²) < 4.78 is 38.1. The summed E-state index contributed by atoms with van der Waals surface area (Å²) in [5.41, 5.74) is 4.70. The fourth-order valence-corrected chi connectivity index (χ4v) is 6.11. The molecule has 0 bridgehead atoms. The predicted octanol–water partition coefficient (Wildman–Crippen LogP) is 2.78. The Bertz CT molecular complexity index is 1190. The van der Waals surface area contributed by atoms with Crippen molar-refractivity contribution >= 4 is 33.2 Å². The van der Waals surface area contributed by atoms with Crippen molar-refractivity contribution < 1.29 is 27.2 Å². The lowest BCUT2D eigenvalue weighted by Gasteiger charge is -2.30. The van der Waals surface area contributed by atoms with Gasteiger partial charge in [0.05, 0.1) is 5.92 Å². The Kier molecular flexibility index (Phi) is 7.11. The van der Waals surface area contributed by atoms with Gasteiger partial charge in [0.1, 0.15) is 22.3 Å². The van der Waals surface area contributed by atoms with Crippen molar-refractivity contribution in [3.05, 3.63) is 71.5 Å². The zero-order chi connectivity index (χ0) is 23.3. The number of carbonyl (C=O) groups excluding carboxylic acids is 2. The van der Waals surface area contributed by atoms with Gasteiger partial charge in [0.2, 0.25) is 5.91 Å². The molecule has 2 N–H and O–H groups in total. The second kappa shape index (κ2) is 10.2. The Morgan fingerprint density at radius 3 is 2.67 bits per heavy atom. The average molecular weight is 490 g/mol. The van der Waals surface area contributed by atoms with Gasteiger partial charge in [-0.2, -0.15) is 4.31 Å². The van der Waals surface area contributed by atoms with Gasteiger partial charge in [-0.15, -0.1) is 11.3 Å². The van der Waals surface area contributed by atoms with E-state index in [1.807, 2.05) is 30.3 Å². The van der Waals surface area contributed by atoms with Crippen LogP contribution in [0.25, 0.3) is 0 Å². The number of thiophene rings is 1. The summed E-state index contributed by atoms with van der Waals surface area (Å²) in [5.74, 6) is -0.485. The Morgan fingerprint density at radius 2 is 1.91 bits per heavy atom. The van der Waals surface area contributed by atoms with E-state index in [0.717, 1.165) is 11.3 Å². The molecule has 0 aliphatic carbocycles. The van der Waals surface area contributed by atoms with Gasteiger partial charge in [0.15, 0.2) is 5.76 Å². The first-order valence-corrected chi connectivity index (χ1v) is 12.7. The van der Waals surface area contributed by atoms with Crippen molar-refractivity contribution in [1.29, 1.82) is 0 Å². The Morgan fingerprint density at radius 1 is 1.09 bits per heavy atom. The molecule has 1 atom stereocenters. The quantitative estimate of drug-likeness (QED) is 0.493. The van der Waals surface area contributed by atoms with Crippen LogP contribution in [0.5, 0.6) is 5.75 Å². The van der Waals surface area contributed by atoms with Crippen molar-refractivity contribution in [2.45, 2.75) is 23.7 Å². The zero-order valence-electron chi connectivity index (χ0n) is 17.6. The number of ether oxygens (including phenoxy) is 1. The van der Waals surface area contributed by atoms with E-state index < -0.39 is 27.8 Å². The SMILES string of the molecule is O=C(NNC(=O)C1CCCN(S(=O)(=O)c2cccs2)C1)c1ccc(COc2ccccc2)o1. The molecule has 4 rings (SSSR count). The average Bonchev–Trinajstić information content (AvgIpc) is 3.55. The number of para-hydroxylation sites is 1. The summed E-state index contributed by atoms with van der Waals surface area (Å²) in [7, 11) is -3.62. The molecule has 2 amide bonds. The summed E-state index contributed by atoms with van der Waals surface area (Å²) in [6, 6.07) is 15.5. The summed E-state index contributed by atoms with van der Waals surface area (Å²) in [6.07, 6.45) is 1.08. The molecule has 0 spiro atoms. The number of nitrogens with zero attached hydrogens (tertiary/aromatic N) is 1. The Hall–Kier alpha value is -3.15. The molecule has 0 radical (unpaired) electrons. The van der Waals surface area contributed by atoms with E-state index in [9.17, 15) is 18.0 Å². The predicted molar refractivity (Wildman–Crippen MR) is 121 cm³/mol. The van der Waals surface area contributed by atoms with Crippen molar-refractivity contribution in [1.82, 2.24) is 15.2 Å². The maximum atomic E-state index is 12.7. The third-order valence-corrected chi connectivity index (χ3v) is 8.39. The van der Waals surface area contributed by atoms with E-state index >= 15 is 0 Å². The number of benzene rings is 1. The highest BCUT2D eigenvalue weighted by Crippen LogP contribution is 2.26. The van der Waals surface area contributed by atoms with Gasteiger partial charge in [-0.3, -0.25) is 20.4 Å². The van der Waals surface area contributed by atoms with Crippen molar-refractivity contribution in [2.75, 3.05) is 13.1 Å². The second-order valence-corrected chi connectivity index (χ2v) is 10.6. The van der Waals surface area contributed by atoms with Crippen LogP contribution in [-0.2, 0) is 21.4 Å². The number of hydrazine groups is 1. The summed E-state index contributed by atoms with van der Waals surface area (Å²) in [4.78, 5) is 24.9. The van der Waals surface area contributed by atoms with Crippen LogP contribution >= 0.6 is 11.3 Å². The smallest absolute Gasteiger partial charge is 0.305 e. The molecule has 1 aliphatic rings. The van der Waals surface area contributed by atoms with Gasteiger partial charge in [-0.05, 0) is 48.6 Å². The first-order valence-electron chi connectivity index (χ1n) is 10.3. The van der Waals surface area contributed by atoms with Crippen LogP contribution in [0.2, 0.25) is 0 Å². The normalized spacial score (nSPS) is 16.8. The van der Waals surface area contributed by atoms with Crippen LogP contribution in [0.1, 0.15) is 29.2 Å². The minimum atomic E-state index is -3.62. The first kappa shape index (κ1) is 23.0. The summed E-state index contributed by atoms with van der Waals surface area (Å²) in [5, 5.41) is 1.70. The van der Waals surface area contributed by atoms with E-state index in [1.54, 1.807) is 23.6 Å². The molecular formula is C22H23N3O6S2. The number of amides is 2. The van der Waals surface area contributed by atoms with Crippen LogP contribution in [0.4, 0.5) is 0 Å². The van der Waals surface area contributed by atoms with Crippen LogP contribution in [-0.4, -0.2) is 37.6 Å². The molecule has 1 saturated heterocycles. The molecule has 174 valence electrons. The van der Waals surface area contributed by atoms with Gasteiger partial charge in [0.25, 0.3) is 10.0 Å². The number of hydrogen-bond donors (Lipinski definition) is 2. The fourth-order valence-electron chi connectivity index (χ4n) is 3.44. The lowest BCUT2D eigenvalue weighted by atomic mass is 9.99. The number of piperidine rings is 1. The maximum Gasteiger partial charge on any atom is 0.305 e. The van der Waals surface area contributed by atoms with E-state index in [-0.39, 0.29) is 23.1 Å². The minimum Gasteiger partial charge on any atom is -0.486 e. The van der Waals surface area contributed by atoms with E-state index in [4.69, 9.17) is 9.15 Å². The largest absolute Gasteiger partial charge is 0.486 e. The molecule has 1 aromatic carbocycles. The van der Waals surface area contributed by atoms with E-state index in [2.05, 4.69) is 10.9 Å². The number of hydrogen-bond acceptors (Lipinski definition) is 7. The van der Waals surface area contributed by atoms with Crippen molar-refractivity contribution in [3.8, 4) is 5.75 Å². The number of carbonyl (C=O) groups is 2. The van der Waals surface area contributed by atoms with Gasteiger partial charge in [-0.25, -0.2) is 8.42 Å². The highest BCUT2D eigenvalue weighted by atomic mass is 32.2. The van der Waals surface area contributed by atoms with Gasteiger partial charge in [-0.1, -0.05) is 24.3 Å². The third kappa shape index (κ3) is 5.62. The molecule has 3 aromatic rings. The van der Waals surface area contributed by atoms with Crippen LogP contribution in [0.3, 0.4) is 0 Å². The number of furan rings is 1. The van der Waals surface area contributed by atoms with Gasteiger partial charge in [0, 0.05) is 13.1 Å². The highest BCUT2D eigenvalue weighted by molar-refractivity contribution is 7.91. The molecule has 2 aromatic heterocycles. The molecule has 1 fully saturated rings. The lowest BCUT2D eigenvalue weighted by molar-refractivity contribution is -0.126. The molecular weight excluding hydrogens is 466 g/mol. The molecule has 1 unspecified atom stereocenters. The highest BCUT2D eigenvalue weighted by Gasteiger charge is 2.34. The third-order valence-electron chi connectivity index (χ3n) is 5.15. The first-order chi connectivity index (χ1) is 15.9. The maximum absolute atomic E-state index is 12.7. The molecule has 9 nitrogen and oxygen atoms in total. The van der Waals surface area contributed by atoms with Crippen LogP contribution in [0.15, 0.2) is 68.6 Å². The standard InChI is InChI=1S/C22H23N3O6S2/c26-21(16-6-4-12-25(14-16)33(28,29)20-9-5-13-32-20)23-24-22(27)19-11-10-18(31-19)15-30-17-7-2-1-3-8-17/h1-3,5,7-11,13,16H,4,6,12,14-15H2,(H,23,26)(H,24,27). The van der Waals surface area contributed by atoms with Gasteiger partial charge >= 0.3 is 5.91 Å².